The van der Waals surface area contributed by atoms with Crippen molar-refractivity contribution in [1.29, 1.82) is 0 Å². The second-order valence-electron chi connectivity index (χ2n) is 4.97. The zero-order chi connectivity index (χ0) is 15.6. The molecule has 2 N–H and O–H groups in total. The van der Waals surface area contributed by atoms with Crippen molar-refractivity contribution in [1.82, 2.24) is 5.32 Å². The van der Waals surface area contributed by atoms with Gasteiger partial charge in [-0.3, -0.25) is 0 Å². The molecule has 0 radical (unpaired) electrons. The normalized spacial score (nSPS) is 20.2. The Labute approximate surface area is 128 Å². The van der Waals surface area contributed by atoms with Crippen LogP contribution in [0.4, 0.5) is 23.7 Å². The van der Waals surface area contributed by atoms with E-state index in [4.69, 9.17) is 0 Å². The largest absolute Gasteiger partial charge is 0.453 e. The number of alkyl halides is 3. The summed E-state index contributed by atoms with van der Waals surface area (Å²) in [7, 11) is 1.22. The van der Waals surface area contributed by atoms with Gasteiger partial charge in [0.05, 0.1) is 18.7 Å². The highest BCUT2D eigenvalue weighted by Gasteiger charge is 2.34. The topological polar surface area (TPSA) is 50.4 Å². The number of hydrogen-bond acceptors (Lipinski definition) is 3. The number of carbonyl (C=O) groups excluding carboxylic acids is 1. The third-order valence-electron chi connectivity index (χ3n) is 3.60. The van der Waals surface area contributed by atoms with Gasteiger partial charge in [-0.1, -0.05) is 14.4 Å². The third kappa shape index (κ3) is 3.84. The molecule has 0 spiro atoms. The first-order chi connectivity index (χ1) is 9.85. The number of alkyl carbamates (subject to hydrolysis) is 1. The van der Waals surface area contributed by atoms with Crippen molar-refractivity contribution in [3.8, 4) is 0 Å². The highest BCUT2D eigenvalue weighted by atomic mass is 19.4. The molecule has 0 saturated carbocycles. The SMILES string of the molecule is C.CC[C@@H]1C[C@H](NC(=O)OC)c2cc(C(F)(F)F)ccc2N1. The van der Waals surface area contributed by atoms with Crippen LogP contribution in [-0.2, 0) is 10.9 Å². The van der Waals surface area contributed by atoms with Crippen molar-refractivity contribution < 1.29 is 22.7 Å². The maximum absolute atomic E-state index is 12.8. The lowest BCUT2D eigenvalue weighted by atomic mass is 9.90. The second-order valence-corrected chi connectivity index (χ2v) is 4.97. The Balaban J connectivity index is 0.00000242. The Morgan fingerprint density at radius 3 is 2.68 bits per heavy atom. The van der Waals surface area contributed by atoms with Gasteiger partial charge >= 0.3 is 12.3 Å². The first-order valence-corrected chi connectivity index (χ1v) is 6.67. The Kier molecular flexibility index (Phi) is 5.68. The van der Waals surface area contributed by atoms with Crippen molar-refractivity contribution in [3.63, 3.8) is 0 Å². The molecule has 0 fully saturated rings. The first kappa shape index (κ1) is 18.1. The zero-order valence-corrected chi connectivity index (χ0v) is 11.8. The van der Waals surface area contributed by atoms with Crippen LogP contribution in [0.25, 0.3) is 0 Å². The predicted octanol–water partition coefficient (Wildman–Crippen LogP) is 4.33. The van der Waals surface area contributed by atoms with Crippen LogP contribution in [-0.4, -0.2) is 19.2 Å². The third-order valence-corrected chi connectivity index (χ3v) is 3.60. The van der Waals surface area contributed by atoms with Crippen molar-refractivity contribution in [2.75, 3.05) is 12.4 Å². The molecule has 2 atom stereocenters. The van der Waals surface area contributed by atoms with Crippen LogP contribution >= 0.6 is 0 Å². The van der Waals surface area contributed by atoms with Gasteiger partial charge in [-0.05, 0) is 36.6 Å². The van der Waals surface area contributed by atoms with Gasteiger partial charge in [-0.2, -0.15) is 13.2 Å². The minimum Gasteiger partial charge on any atom is -0.453 e. The fourth-order valence-electron chi connectivity index (χ4n) is 2.46. The number of nitrogens with one attached hydrogen (secondary N) is 2. The van der Waals surface area contributed by atoms with E-state index in [0.29, 0.717) is 17.7 Å². The predicted molar refractivity (Wildman–Crippen MR) is 78.8 cm³/mol. The summed E-state index contributed by atoms with van der Waals surface area (Å²) in [5.41, 5.74) is 0.317. The van der Waals surface area contributed by atoms with E-state index in [2.05, 4.69) is 15.4 Å². The zero-order valence-electron chi connectivity index (χ0n) is 11.8. The molecular weight excluding hydrogens is 297 g/mol. The molecule has 0 aromatic heterocycles. The van der Waals surface area contributed by atoms with Crippen molar-refractivity contribution in [2.24, 2.45) is 0 Å². The van der Waals surface area contributed by atoms with Gasteiger partial charge in [0.15, 0.2) is 0 Å². The van der Waals surface area contributed by atoms with Crippen LogP contribution in [0.2, 0.25) is 0 Å². The molecule has 1 aliphatic heterocycles. The number of benzene rings is 1. The molecule has 0 saturated heterocycles. The van der Waals surface area contributed by atoms with Gasteiger partial charge < -0.3 is 15.4 Å². The molecule has 124 valence electrons. The maximum Gasteiger partial charge on any atom is 0.416 e. The van der Waals surface area contributed by atoms with E-state index in [1.54, 1.807) is 0 Å². The van der Waals surface area contributed by atoms with E-state index in [1.807, 2.05) is 6.92 Å². The van der Waals surface area contributed by atoms with Crippen LogP contribution in [0.15, 0.2) is 18.2 Å². The number of ether oxygens (including phenoxy) is 1. The number of methoxy groups -OCH3 is 1. The number of carbonyl (C=O) groups is 1. The fraction of sp³-hybridized carbons (Fsp3) is 0.533. The molecule has 1 aliphatic rings. The van der Waals surface area contributed by atoms with Crippen LogP contribution in [0.5, 0.6) is 0 Å². The van der Waals surface area contributed by atoms with Crippen molar-refractivity contribution in [2.45, 2.75) is 45.5 Å². The molecular formula is C15H21F3N2O2. The van der Waals surface area contributed by atoms with E-state index >= 15 is 0 Å². The van der Waals surface area contributed by atoms with E-state index in [0.717, 1.165) is 18.6 Å². The second kappa shape index (κ2) is 6.89. The van der Waals surface area contributed by atoms with Crippen LogP contribution < -0.4 is 10.6 Å². The van der Waals surface area contributed by atoms with Gasteiger partial charge in [0.25, 0.3) is 0 Å². The minimum atomic E-state index is -4.41. The van der Waals surface area contributed by atoms with E-state index in [-0.39, 0.29) is 13.5 Å². The fourth-order valence-corrected chi connectivity index (χ4v) is 2.46. The summed E-state index contributed by atoms with van der Waals surface area (Å²) >= 11 is 0. The Morgan fingerprint density at radius 1 is 1.45 bits per heavy atom. The molecule has 22 heavy (non-hydrogen) atoms. The standard InChI is InChI=1S/C14H17F3N2O2.CH4/c1-3-9-7-12(19-13(20)21-2)10-6-8(14(15,16)17)4-5-11(10)18-9;/h4-6,9,12,18H,3,7H2,1-2H3,(H,19,20);1H4/t9-,12+;/m1./s1. The molecule has 1 amide bonds. The Morgan fingerprint density at radius 2 is 2.14 bits per heavy atom. The lowest BCUT2D eigenvalue weighted by Crippen LogP contribution is -2.37. The lowest BCUT2D eigenvalue weighted by molar-refractivity contribution is -0.137. The number of anilines is 1. The average Bonchev–Trinajstić information content (AvgIpc) is 2.45. The quantitative estimate of drug-likeness (QED) is 0.853. The average molecular weight is 318 g/mol. The van der Waals surface area contributed by atoms with Crippen LogP contribution in [0.1, 0.15) is 44.4 Å². The van der Waals surface area contributed by atoms with Crippen molar-refractivity contribution in [3.05, 3.63) is 29.3 Å². The molecule has 7 heteroatoms. The highest BCUT2D eigenvalue weighted by molar-refractivity contribution is 5.69. The highest BCUT2D eigenvalue weighted by Crippen LogP contribution is 2.38. The Bertz CT molecular complexity index is 532. The molecule has 4 nitrogen and oxygen atoms in total. The Hall–Kier alpha value is -1.92. The lowest BCUT2D eigenvalue weighted by Gasteiger charge is -2.33. The van der Waals surface area contributed by atoms with E-state index in [1.165, 1.54) is 13.2 Å². The van der Waals surface area contributed by atoms with Gasteiger partial charge in [-0.15, -0.1) is 0 Å². The van der Waals surface area contributed by atoms with E-state index in [9.17, 15) is 18.0 Å². The maximum atomic E-state index is 12.8. The number of amides is 1. The molecule has 0 unspecified atom stereocenters. The molecule has 1 aromatic rings. The number of halogens is 3. The number of fused-ring (bicyclic) bond motifs is 1. The van der Waals surface area contributed by atoms with Crippen LogP contribution in [0, 0.1) is 0 Å². The summed E-state index contributed by atoms with van der Waals surface area (Å²) in [4.78, 5) is 11.4. The summed E-state index contributed by atoms with van der Waals surface area (Å²) in [6, 6.07) is 3.12. The molecule has 1 heterocycles. The van der Waals surface area contributed by atoms with E-state index < -0.39 is 23.9 Å². The monoisotopic (exact) mass is 318 g/mol. The summed E-state index contributed by atoms with van der Waals surface area (Å²) in [6.07, 6.45) is -3.74. The van der Waals surface area contributed by atoms with Crippen molar-refractivity contribution >= 4 is 11.8 Å². The smallest absolute Gasteiger partial charge is 0.416 e. The molecule has 0 aliphatic carbocycles. The summed E-state index contributed by atoms with van der Waals surface area (Å²) in [5.74, 6) is 0. The number of hydrogen-bond donors (Lipinski definition) is 2. The molecule has 0 bridgehead atoms. The number of rotatable bonds is 2. The summed E-state index contributed by atoms with van der Waals surface area (Å²) in [5, 5.41) is 5.79. The molecule has 2 rings (SSSR count). The van der Waals surface area contributed by atoms with Crippen LogP contribution in [0.3, 0.4) is 0 Å². The van der Waals surface area contributed by atoms with Gasteiger partial charge in [0, 0.05) is 11.7 Å². The van der Waals surface area contributed by atoms with Gasteiger partial charge in [-0.25, -0.2) is 4.79 Å². The summed E-state index contributed by atoms with van der Waals surface area (Å²) < 4.78 is 43.0. The van der Waals surface area contributed by atoms with Gasteiger partial charge in [0.2, 0.25) is 0 Å². The van der Waals surface area contributed by atoms with Gasteiger partial charge in [0.1, 0.15) is 0 Å². The summed E-state index contributed by atoms with van der Waals surface area (Å²) in [6.45, 7) is 1.97. The minimum absolute atomic E-state index is 0. The molecule has 1 aromatic carbocycles. The first-order valence-electron chi connectivity index (χ1n) is 6.67.